The second-order valence-corrected chi connectivity index (χ2v) is 10.0. The second kappa shape index (κ2) is 10.2. The molecule has 0 aliphatic carbocycles. The van der Waals surface area contributed by atoms with Crippen molar-refractivity contribution in [3.63, 3.8) is 0 Å². The molecule has 0 aliphatic rings. The van der Waals surface area contributed by atoms with E-state index in [-0.39, 0.29) is 4.77 Å². The lowest BCUT2D eigenvalue weighted by Gasteiger charge is -2.19. The molecule has 0 bridgehead atoms. The van der Waals surface area contributed by atoms with Crippen molar-refractivity contribution >= 4 is 38.1 Å². The Morgan fingerprint density at radius 3 is 2.57 bits per heavy atom. The van der Waals surface area contributed by atoms with Gasteiger partial charge in [-0.25, -0.2) is 0 Å². The maximum absolute atomic E-state index is 9.99. The second-order valence-electron chi connectivity index (χ2n) is 8.66. The van der Waals surface area contributed by atoms with Gasteiger partial charge in [-0.2, -0.15) is 0 Å². The Balaban J connectivity index is 1.81. The lowest BCUT2D eigenvalue weighted by molar-refractivity contribution is 0.0995. The minimum Gasteiger partial charge on any atom is -0.550 e. The van der Waals surface area contributed by atoms with Gasteiger partial charge in [0, 0.05) is 23.3 Å². The number of furan rings is 1. The predicted molar refractivity (Wildman–Crippen MR) is 136 cm³/mol. The SMILES string of the molecule is CCCCCc1ccc(-c2cc3ccc(OB(I)CC(C)(C)O)cc3o2)c(CC)c1. The first-order chi connectivity index (χ1) is 14.3. The highest BCUT2D eigenvalue weighted by Gasteiger charge is 2.24. The number of fused-ring (bicyclic) bond motifs is 1. The van der Waals surface area contributed by atoms with Gasteiger partial charge in [-0.05, 0) is 62.4 Å². The molecule has 0 atom stereocenters. The van der Waals surface area contributed by atoms with Gasteiger partial charge in [0.15, 0.2) is 0 Å². The molecule has 2 aromatic carbocycles. The highest BCUT2D eigenvalue weighted by Crippen LogP contribution is 2.33. The molecule has 1 heterocycles. The molecule has 160 valence electrons. The van der Waals surface area contributed by atoms with Crippen molar-refractivity contribution in [1.82, 2.24) is 0 Å². The third-order valence-corrected chi connectivity index (χ3v) is 6.00. The van der Waals surface area contributed by atoms with Crippen molar-refractivity contribution in [2.75, 3.05) is 0 Å². The third-order valence-electron chi connectivity index (χ3n) is 5.30. The van der Waals surface area contributed by atoms with Crippen LogP contribution in [0.5, 0.6) is 5.75 Å². The van der Waals surface area contributed by atoms with Crippen LogP contribution in [0.4, 0.5) is 0 Å². The molecule has 3 nitrogen and oxygen atoms in total. The first-order valence-electron chi connectivity index (χ1n) is 11.0. The minimum atomic E-state index is -0.757. The molecular weight excluding hydrogens is 486 g/mol. The van der Waals surface area contributed by atoms with E-state index in [0.29, 0.717) is 6.32 Å². The van der Waals surface area contributed by atoms with E-state index in [0.717, 1.165) is 35.3 Å². The number of unbranched alkanes of at least 4 members (excludes halogenated alkanes) is 2. The van der Waals surface area contributed by atoms with E-state index in [1.54, 1.807) is 13.8 Å². The van der Waals surface area contributed by atoms with Gasteiger partial charge in [0.05, 0.1) is 5.60 Å². The molecule has 0 spiro atoms. The number of aryl methyl sites for hydroxylation is 2. The Hall–Kier alpha value is -1.47. The molecule has 3 rings (SSSR count). The Kier molecular flexibility index (Phi) is 7.91. The van der Waals surface area contributed by atoms with Crippen LogP contribution in [0.3, 0.4) is 0 Å². The molecule has 0 unspecified atom stereocenters. The number of hydrogen-bond donors (Lipinski definition) is 1. The van der Waals surface area contributed by atoms with Gasteiger partial charge >= 0.3 is 4.77 Å². The third kappa shape index (κ3) is 6.27. The largest absolute Gasteiger partial charge is 0.550 e. The van der Waals surface area contributed by atoms with E-state index in [1.807, 2.05) is 18.2 Å². The molecule has 1 N–H and O–H groups in total. The zero-order valence-corrected chi connectivity index (χ0v) is 20.7. The average Bonchev–Trinajstić information content (AvgIpc) is 3.09. The van der Waals surface area contributed by atoms with Crippen molar-refractivity contribution < 1.29 is 14.2 Å². The number of hydrogen-bond acceptors (Lipinski definition) is 3. The fraction of sp³-hybridized carbons (Fsp3) is 0.440. The zero-order valence-electron chi connectivity index (χ0n) is 18.5. The van der Waals surface area contributed by atoms with Crippen LogP contribution in [0, 0.1) is 0 Å². The summed E-state index contributed by atoms with van der Waals surface area (Å²) in [5.74, 6) is 1.66. The van der Waals surface area contributed by atoms with E-state index in [4.69, 9.17) is 9.07 Å². The van der Waals surface area contributed by atoms with Crippen molar-refractivity contribution in [3.8, 4) is 17.1 Å². The summed E-state index contributed by atoms with van der Waals surface area (Å²) in [4.78, 5) is 0. The van der Waals surface area contributed by atoms with E-state index in [2.05, 4.69) is 60.5 Å². The van der Waals surface area contributed by atoms with E-state index in [1.165, 1.54) is 36.0 Å². The molecule has 0 saturated heterocycles. The van der Waals surface area contributed by atoms with Gasteiger partial charge in [-0.1, -0.05) is 67.3 Å². The first-order valence-corrected chi connectivity index (χ1v) is 12.2. The molecule has 0 fully saturated rings. The lowest BCUT2D eigenvalue weighted by atomic mass is 9.83. The lowest BCUT2D eigenvalue weighted by Crippen LogP contribution is -2.28. The molecule has 30 heavy (non-hydrogen) atoms. The van der Waals surface area contributed by atoms with Crippen LogP contribution in [0.25, 0.3) is 22.3 Å². The van der Waals surface area contributed by atoms with Crippen LogP contribution in [-0.2, 0) is 12.8 Å². The maximum atomic E-state index is 9.99. The number of rotatable bonds is 10. The van der Waals surface area contributed by atoms with E-state index in [9.17, 15) is 5.11 Å². The highest BCUT2D eigenvalue weighted by molar-refractivity contribution is 14.1. The van der Waals surface area contributed by atoms with Gasteiger partial charge in [0.25, 0.3) is 0 Å². The normalized spacial score (nSPS) is 11.8. The molecule has 0 saturated carbocycles. The molecule has 0 amide bonds. The summed E-state index contributed by atoms with van der Waals surface area (Å²) in [6, 6.07) is 14.8. The summed E-state index contributed by atoms with van der Waals surface area (Å²) >= 11 is 2.22. The molecule has 0 aliphatic heterocycles. The zero-order chi connectivity index (χ0) is 21.7. The summed E-state index contributed by atoms with van der Waals surface area (Å²) in [5, 5.41) is 11.1. The monoisotopic (exact) mass is 518 g/mol. The topological polar surface area (TPSA) is 42.6 Å². The minimum absolute atomic E-state index is 0.110. The number of aliphatic hydroxyl groups is 1. The Morgan fingerprint density at radius 1 is 1.07 bits per heavy atom. The van der Waals surface area contributed by atoms with Crippen LogP contribution in [-0.4, -0.2) is 15.5 Å². The maximum Gasteiger partial charge on any atom is 0.431 e. The van der Waals surface area contributed by atoms with Crippen LogP contribution in [0.2, 0.25) is 6.32 Å². The van der Waals surface area contributed by atoms with Crippen LogP contribution in [0.15, 0.2) is 46.9 Å². The summed E-state index contributed by atoms with van der Waals surface area (Å²) in [7, 11) is 0. The van der Waals surface area contributed by atoms with Crippen molar-refractivity contribution in [2.45, 2.75) is 71.7 Å². The van der Waals surface area contributed by atoms with Crippen LogP contribution >= 0.6 is 22.4 Å². The quantitative estimate of drug-likeness (QED) is 0.172. The first kappa shape index (κ1) is 23.2. The fourth-order valence-corrected chi connectivity index (χ4v) is 5.09. The Morgan fingerprint density at radius 2 is 1.87 bits per heavy atom. The highest BCUT2D eigenvalue weighted by atomic mass is 127. The van der Waals surface area contributed by atoms with Gasteiger partial charge in [0.1, 0.15) is 17.1 Å². The Bertz CT molecular complexity index is 974. The molecule has 1 aromatic heterocycles. The molecule has 3 aromatic rings. The predicted octanol–water partition coefficient (Wildman–Crippen LogP) is 7.47. The Labute approximate surface area is 194 Å². The summed E-state index contributed by atoms with van der Waals surface area (Å²) < 4.78 is 12.1. The van der Waals surface area contributed by atoms with Crippen molar-refractivity contribution in [2.24, 2.45) is 0 Å². The van der Waals surface area contributed by atoms with Crippen LogP contribution < -0.4 is 4.65 Å². The van der Waals surface area contributed by atoms with Gasteiger partial charge in [-0.15, -0.1) is 0 Å². The fourth-order valence-electron chi connectivity index (χ4n) is 3.71. The molecular formula is C25H32BIO3. The average molecular weight is 518 g/mol. The smallest absolute Gasteiger partial charge is 0.431 e. The van der Waals surface area contributed by atoms with Gasteiger partial charge in [-0.3, -0.25) is 0 Å². The number of benzene rings is 2. The van der Waals surface area contributed by atoms with Gasteiger partial charge in [0.2, 0.25) is 0 Å². The van der Waals surface area contributed by atoms with Crippen molar-refractivity contribution in [1.29, 1.82) is 0 Å². The summed E-state index contributed by atoms with van der Waals surface area (Å²) in [5.41, 5.74) is 3.98. The van der Waals surface area contributed by atoms with Crippen LogP contribution in [0.1, 0.15) is 58.1 Å². The summed E-state index contributed by atoms with van der Waals surface area (Å²) in [6.45, 7) is 8.04. The van der Waals surface area contributed by atoms with E-state index < -0.39 is 5.60 Å². The standard InChI is InChI=1S/C25H32BIO3/c1-5-7-8-9-18-10-13-22(19(6-2)14-18)24-15-20-11-12-21(16-23(20)29-24)30-26(27)17-25(3,4)28/h10-16,28H,5-9,17H2,1-4H3. The number of halogens is 1. The molecule has 0 radical (unpaired) electrons. The molecule has 5 heteroatoms. The summed E-state index contributed by atoms with van der Waals surface area (Å²) in [6.07, 6.45) is 6.46. The van der Waals surface area contributed by atoms with Gasteiger partial charge < -0.3 is 14.2 Å². The van der Waals surface area contributed by atoms with E-state index >= 15 is 0 Å². The van der Waals surface area contributed by atoms with Crippen molar-refractivity contribution in [3.05, 3.63) is 53.6 Å².